The molecule has 1 heterocycles. The van der Waals surface area contributed by atoms with Crippen molar-refractivity contribution in [3.05, 3.63) is 128 Å². The van der Waals surface area contributed by atoms with Crippen LogP contribution in [-0.2, 0) is 0 Å². The maximum Gasteiger partial charge on any atom is 0.0353 e. The minimum absolute atomic E-state index is 1.18. The van der Waals surface area contributed by atoms with Gasteiger partial charge in [-0.15, -0.1) is 0 Å². The SMILES string of the molecule is c1ccc(Sc2c3ccccc3c(-c3ccc(-c4ccccc4)cc3)c3cnccc23)cc1. The van der Waals surface area contributed by atoms with Crippen molar-refractivity contribution in [2.24, 2.45) is 0 Å². The van der Waals surface area contributed by atoms with Crippen molar-refractivity contribution in [2.75, 3.05) is 0 Å². The van der Waals surface area contributed by atoms with E-state index in [0.29, 0.717) is 0 Å². The van der Waals surface area contributed by atoms with Crippen LogP contribution < -0.4 is 0 Å². The Morgan fingerprint density at radius 1 is 0.455 bits per heavy atom. The zero-order valence-corrected chi connectivity index (χ0v) is 18.8. The predicted molar refractivity (Wildman–Crippen MR) is 141 cm³/mol. The van der Waals surface area contributed by atoms with Crippen LogP contribution in [0.15, 0.2) is 137 Å². The molecule has 0 unspecified atom stereocenters. The highest BCUT2D eigenvalue weighted by atomic mass is 32.2. The Kier molecular flexibility index (Phi) is 5.14. The molecule has 0 N–H and O–H groups in total. The van der Waals surface area contributed by atoms with Crippen molar-refractivity contribution < 1.29 is 0 Å². The van der Waals surface area contributed by atoms with Gasteiger partial charge in [0.1, 0.15) is 0 Å². The first-order valence-corrected chi connectivity index (χ1v) is 11.9. The molecular weight excluding hydrogens is 418 g/mol. The molecule has 1 nitrogen and oxygen atoms in total. The van der Waals surface area contributed by atoms with Crippen molar-refractivity contribution in [2.45, 2.75) is 9.79 Å². The third kappa shape index (κ3) is 3.69. The van der Waals surface area contributed by atoms with Crippen LogP contribution in [0.3, 0.4) is 0 Å². The molecule has 0 spiro atoms. The molecule has 1 aromatic heterocycles. The summed E-state index contributed by atoms with van der Waals surface area (Å²) in [4.78, 5) is 7.02. The van der Waals surface area contributed by atoms with Gasteiger partial charge in [-0.2, -0.15) is 0 Å². The molecule has 0 bridgehead atoms. The van der Waals surface area contributed by atoms with E-state index in [9.17, 15) is 0 Å². The molecule has 33 heavy (non-hydrogen) atoms. The fraction of sp³-hybridized carbons (Fsp3) is 0. The van der Waals surface area contributed by atoms with E-state index in [4.69, 9.17) is 0 Å². The number of fused-ring (bicyclic) bond motifs is 2. The molecule has 0 amide bonds. The fourth-order valence-electron chi connectivity index (χ4n) is 4.47. The van der Waals surface area contributed by atoms with E-state index in [-0.39, 0.29) is 0 Å². The maximum absolute atomic E-state index is 4.51. The van der Waals surface area contributed by atoms with Crippen molar-refractivity contribution in [3.63, 3.8) is 0 Å². The van der Waals surface area contributed by atoms with E-state index in [1.165, 1.54) is 53.6 Å². The Hall–Kier alpha value is -3.88. The summed E-state index contributed by atoms with van der Waals surface area (Å²) in [6, 6.07) is 40.9. The van der Waals surface area contributed by atoms with Gasteiger partial charge >= 0.3 is 0 Å². The van der Waals surface area contributed by atoms with Crippen molar-refractivity contribution in [3.8, 4) is 22.3 Å². The fourth-order valence-corrected chi connectivity index (χ4v) is 5.57. The van der Waals surface area contributed by atoms with Crippen LogP contribution in [0.4, 0.5) is 0 Å². The summed E-state index contributed by atoms with van der Waals surface area (Å²) in [5.41, 5.74) is 4.91. The van der Waals surface area contributed by atoms with Gasteiger partial charge in [-0.25, -0.2) is 0 Å². The number of benzene rings is 5. The molecule has 2 heteroatoms. The quantitative estimate of drug-likeness (QED) is 0.254. The van der Waals surface area contributed by atoms with Crippen LogP contribution >= 0.6 is 11.8 Å². The molecule has 0 fully saturated rings. The second-order valence-corrected chi connectivity index (χ2v) is 9.11. The monoisotopic (exact) mass is 439 g/mol. The van der Waals surface area contributed by atoms with E-state index in [0.717, 1.165) is 0 Å². The largest absolute Gasteiger partial charge is 0.264 e. The molecule has 0 atom stereocenters. The zero-order valence-electron chi connectivity index (χ0n) is 18.0. The third-order valence-corrected chi connectivity index (χ3v) is 7.17. The van der Waals surface area contributed by atoms with Crippen molar-refractivity contribution in [1.82, 2.24) is 4.98 Å². The highest BCUT2D eigenvalue weighted by Crippen LogP contribution is 2.45. The van der Waals surface area contributed by atoms with Crippen LogP contribution in [0, 0.1) is 0 Å². The number of rotatable bonds is 4. The van der Waals surface area contributed by atoms with Gasteiger partial charge in [0, 0.05) is 27.6 Å². The van der Waals surface area contributed by atoms with Crippen LogP contribution in [0.2, 0.25) is 0 Å². The topological polar surface area (TPSA) is 12.9 Å². The van der Waals surface area contributed by atoms with Crippen LogP contribution in [0.1, 0.15) is 0 Å². The minimum Gasteiger partial charge on any atom is -0.264 e. The summed E-state index contributed by atoms with van der Waals surface area (Å²) >= 11 is 1.82. The summed E-state index contributed by atoms with van der Waals surface area (Å²) in [7, 11) is 0. The first-order chi connectivity index (χ1) is 16.4. The Morgan fingerprint density at radius 3 is 1.79 bits per heavy atom. The molecule has 156 valence electrons. The predicted octanol–water partition coefficient (Wildman–Crippen LogP) is 8.87. The second kappa shape index (κ2) is 8.57. The molecule has 0 aliphatic carbocycles. The summed E-state index contributed by atoms with van der Waals surface area (Å²) in [5, 5.41) is 4.94. The minimum atomic E-state index is 1.18. The van der Waals surface area contributed by atoms with E-state index in [1.807, 2.05) is 24.2 Å². The molecule has 0 radical (unpaired) electrons. The van der Waals surface area contributed by atoms with Gasteiger partial charge in [0.25, 0.3) is 0 Å². The van der Waals surface area contributed by atoms with Gasteiger partial charge in [0.05, 0.1) is 0 Å². The van der Waals surface area contributed by atoms with Gasteiger partial charge < -0.3 is 0 Å². The Labute approximate surface area is 197 Å². The summed E-state index contributed by atoms with van der Waals surface area (Å²) in [5.74, 6) is 0. The molecular formula is C31H21NS. The van der Waals surface area contributed by atoms with Gasteiger partial charge in [-0.1, -0.05) is 109 Å². The normalized spacial score (nSPS) is 11.2. The van der Waals surface area contributed by atoms with Gasteiger partial charge in [-0.05, 0) is 56.6 Å². The number of pyridine rings is 1. The lowest BCUT2D eigenvalue weighted by atomic mass is 9.92. The van der Waals surface area contributed by atoms with Gasteiger partial charge in [0.15, 0.2) is 0 Å². The lowest BCUT2D eigenvalue weighted by molar-refractivity contribution is 1.36. The zero-order chi connectivity index (χ0) is 22.0. The van der Waals surface area contributed by atoms with E-state index in [1.54, 1.807) is 0 Å². The smallest absolute Gasteiger partial charge is 0.0353 e. The molecule has 0 saturated carbocycles. The first-order valence-electron chi connectivity index (χ1n) is 11.1. The first kappa shape index (κ1) is 19.8. The lowest BCUT2D eigenvalue weighted by Gasteiger charge is -2.17. The lowest BCUT2D eigenvalue weighted by Crippen LogP contribution is -1.90. The number of hydrogen-bond acceptors (Lipinski definition) is 2. The van der Waals surface area contributed by atoms with E-state index < -0.39 is 0 Å². The third-order valence-electron chi connectivity index (χ3n) is 6.02. The number of nitrogens with zero attached hydrogens (tertiary/aromatic N) is 1. The van der Waals surface area contributed by atoms with Crippen LogP contribution in [-0.4, -0.2) is 4.98 Å². The molecule has 6 aromatic rings. The summed E-state index contributed by atoms with van der Waals surface area (Å²) < 4.78 is 0. The standard InChI is InChI=1S/C31H21NS/c1-3-9-22(10-4-1)23-15-17-24(18-16-23)30-26-13-7-8-14-27(26)31(28-19-20-32-21-29(28)30)33-25-11-5-2-6-12-25/h1-21H. The summed E-state index contributed by atoms with van der Waals surface area (Å²) in [6.45, 7) is 0. The Bertz CT molecular complexity index is 1500. The second-order valence-electron chi connectivity index (χ2n) is 8.03. The van der Waals surface area contributed by atoms with Crippen LogP contribution in [0.5, 0.6) is 0 Å². The number of aromatic nitrogens is 1. The molecule has 0 aliphatic rings. The van der Waals surface area contributed by atoms with Gasteiger partial charge in [0.2, 0.25) is 0 Å². The molecule has 0 saturated heterocycles. The van der Waals surface area contributed by atoms with Crippen LogP contribution in [0.25, 0.3) is 43.8 Å². The summed E-state index contributed by atoms with van der Waals surface area (Å²) in [6.07, 6.45) is 3.91. The average molecular weight is 440 g/mol. The maximum atomic E-state index is 4.51. The highest BCUT2D eigenvalue weighted by molar-refractivity contribution is 7.99. The average Bonchev–Trinajstić information content (AvgIpc) is 2.90. The highest BCUT2D eigenvalue weighted by Gasteiger charge is 2.16. The van der Waals surface area contributed by atoms with Gasteiger partial charge in [-0.3, -0.25) is 4.98 Å². The Morgan fingerprint density at radius 2 is 1.03 bits per heavy atom. The molecule has 0 aliphatic heterocycles. The molecule has 6 rings (SSSR count). The number of hydrogen-bond donors (Lipinski definition) is 0. The molecule has 5 aromatic carbocycles. The van der Waals surface area contributed by atoms with E-state index in [2.05, 4.69) is 120 Å². The van der Waals surface area contributed by atoms with Crippen molar-refractivity contribution in [1.29, 1.82) is 0 Å². The van der Waals surface area contributed by atoms with E-state index >= 15 is 0 Å². The van der Waals surface area contributed by atoms with Crippen molar-refractivity contribution >= 4 is 33.3 Å². The Balaban J connectivity index is 1.58.